The van der Waals surface area contributed by atoms with Crippen LogP contribution in [0.4, 0.5) is 11.9 Å². The lowest BCUT2D eigenvalue weighted by Crippen LogP contribution is -2.11. The third-order valence-electron chi connectivity index (χ3n) is 2.30. The van der Waals surface area contributed by atoms with Gasteiger partial charge in [-0.1, -0.05) is 12.1 Å². The number of aromatic nitrogens is 3. The van der Waals surface area contributed by atoms with E-state index in [1.807, 2.05) is 45.0 Å². The molecule has 1 heterocycles. The van der Waals surface area contributed by atoms with Gasteiger partial charge < -0.3 is 11.1 Å². The Balaban J connectivity index is 2.36. The predicted molar refractivity (Wildman–Crippen MR) is 69.3 cm³/mol. The fraction of sp³-hybridized carbons (Fsp3) is 0.333. The first-order chi connectivity index (χ1) is 8.06. The first-order valence-electron chi connectivity index (χ1n) is 5.62. The number of nitrogens with two attached hydrogens (primary N) is 1. The highest BCUT2D eigenvalue weighted by Crippen LogP contribution is 2.15. The highest BCUT2D eigenvalue weighted by Gasteiger charge is 2.09. The molecule has 0 aliphatic carbocycles. The Morgan fingerprint density at radius 3 is 2.76 bits per heavy atom. The number of benzene rings is 1. The topological polar surface area (TPSA) is 68.8 Å². The molecule has 1 aromatic heterocycles. The summed E-state index contributed by atoms with van der Waals surface area (Å²) in [5.74, 6) is 0.942. The minimum absolute atomic E-state index is 0.280. The summed E-state index contributed by atoms with van der Waals surface area (Å²) >= 11 is 0. The lowest BCUT2D eigenvalue weighted by Gasteiger charge is -2.04. The SMILES string of the molecule is Cc1cccc(-n2nc(NC(C)C)nc2N)c1. The molecule has 90 valence electrons. The fourth-order valence-electron chi connectivity index (χ4n) is 1.59. The van der Waals surface area contributed by atoms with Gasteiger partial charge >= 0.3 is 0 Å². The van der Waals surface area contributed by atoms with Gasteiger partial charge in [-0.2, -0.15) is 9.67 Å². The summed E-state index contributed by atoms with van der Waals surface area (Å²) in [6.07, 6.45) is 0. The molecular formula is C12H17N5. The number of nitrogen functional groups attached to an aromatic ring is 1. The van der Waals surface area contributed by atoms with Gasteiger partial charge in [0.1, 0.15) is 0 Å². The number of nitrogens with one attached hydrogen (secondary N) is 1. The average Bonchev–Trinajstić information content (AvgIpc) is 2.58. The Labute approximate surface area is 101 Å². The summed E-state index contributed by atoms with van der Waals surface area (Å²) in [6, 6.07) is 8.26. The maximum absolute atomic E-state index is 5.85. The summed E-state index contributed by atoms with van der Waals surface area (Å²) < 4.78 is 1.64. The van der Waals surface area contributed by atoms with Crippen LogP contribution < -0.4 is 11.1 Å². The van der Waals surface area contributed by atoms with Crippen LogP contribution in [0.15, 0.2) is 24.3 Å². The van der Waals surface area contributed by atoms with Crippen molar-refractivity contribution in [1.29, 1.82) is 0 Å². The van der Waals surface area contributed by atoms with Gasteiger partial charge in [0.25, 0.3) is 0 Å². The molecule has 0 saturated heterocycles. The van der Waals surface area contributed by atoms with Gasteiger partial charge in [0.2, 0.25) is 11.9 Å². The molecule has 3 N–H and O–H groups in total. The van der Waals surface area contributed by atoms with Crippen molar-refractivity contribution >= 4 is 11.9 Å². The number of anilines is 2. The van der Waals surface area contributed by atoms with Crippen LogP contribution in [-0.2, 0) is 0 Å². The Hall–Kier alpha value is -2.04. The summed E-state index contributed by atoms with van der Waals surface area (Å²) in [6.45, 7) is 6.09. The monoisotopic (exact) mass is 231 g/mol. The Morgan fingerprint density at radius 2 is 2.12 bits per heavy atom. The average molecular weight is 231 g/mol. The standard InChI is InChI=1S/C12H17N5/c1-8(2)14-12-15-11(13)17(16-12)10-6-4-5-9(3)7-10/h4-8H,1-3H3,(H3,13,14,15,16). The van der Waals surface area contributed by atoms with Crippen LogP contribution in [0.25, 0.3) is 5.69 Å². The summed E-state index contributed by atoms with van der Waals surface area (Å²) in [7, 11) is 0. The van der Waals surface area contributed by atoms with Gasteiger partial charge in [-0.05, 0) is 38.5 Å². The van der Waals surface area contributed by atoms with Crippen LogP contribution in [-0.4, -0.2) is 20.8 Å². The van der Waals surface area contributed by atoms with Crippen LogP contribution in [0.1, 0.15) is 19.4 Å². The zero-order chi connectivity index (χ0) is 12.4. The van der Waals surface area contributed by atoms with Crippen molar-refractivity contribution in [3.8, 4) is 5.69 Å². The Kier molecular flexibility index (Phi) is 2.99. The van der Waals surface area contributed by atoms with E-state index in [0.29, 0.717) is 11.9 Å². The van der Waals surface area contributed by atoms with Crippen LogP contribution in [0, 0.1) is 6.92 Å². The maximum atomic E-state index is 5.85. The van der Waals surface area contributed by atoms with Crippen molar-refractivity contribution in [2.24, 2.45) is 0 Å². The zero-order valence-electron chi connectivity index (χ0n) is 10.3. The van der Waals surface area contributed by atoms with Crippen molar-refractivity contribution in [3.05, 3.63) is 29.8 Å². The lowest BCUT2D eigenvalue weighted by atomic mass is 10.2. The van der Waals surface area contributed by atoms with Crippen molar-refractivity contribution in [2.45, 2.75) is 26.8 Å². The summed E-state index contributed by atoms with van der Waals surface area (Å²) in [5, 5.41) is 7.46. The first kappa shape index (κ1) is 11.4. The molecule has 0 atom stereocenters. The van der Waals surface area contributed by atoms with Gasteiger partial charge in [0.05, 0.1) is 5.69 Å². The second-order valence-corrected chi connectivity index (χ2v) is 4.34. The quantitative estimate of drug-likeness (QED) is 0.847. The third kappa shape index (κ3) is 2.55. The van der Waals surface area contributed by atoms with Crippen LogP contribution in [0.2, 0.25) is 0 Å². The molecule has 0 radical (unpaired) electrons. The summed E-state index contributed by atoms with van der Waals surface area (Å²) in [5.41, 5.74) is 7.93. The minimum Gasteiger partial charge on any atom is -0.368 e. The molecule has 2 rings (SSSR count). The molecule has 0 fully saturated rings. The van der Waals surface area contributed by atoms with Gasteiger partial charge in [-0.15, -0.1) is 5.10 Å². The molecular weight excluding hydrogens is 214 g/mol. The molecule has 0 saturated carbocycles. The number of hydrogen-bond acceptors (Lipinski definition) is 4. The van der Waals surface area contributed by atoms with Crippen molar-refractivity contribution < 1.29 is 0 Å². The second kappa shape index (κ2) is 4.45. The van der Waals surface area contributed by atoms with Crippen LogP contribution >= 0.6 is 0 Å². The normalized spacial score (nSPS) is 10.8. The van der Waals surface area contributed by atoms with Gasteiger partial charge in [-0.3, -0.25) is 0 Å². The van der Waals surface area contributed by atoms with E-state index in [2.05, 4.69) is 15.4 Å². The molecule has 5 heteroatoms. The molecule has 0 bridgehead atoms. The molecule has 5 nitrogen and oxygen atoms in total. The number of aryl methyl sites for hydroxylation is 1. The van der Waals surface area contributed by atoms with Crippen LogP contribution in [0.5, 0.6) is 0 Å². The van der Waals surface area contributed by atoms with Crippen LogP contribution in [0.3, 0.4) is 0 Å². The van der Waals surface area contributed by atoms with E-state index in [1.165, 1.54) is 0 Å². The van der Waals surface area contributed by atoms with Gasteiger partial charge in [0.15, 0.2) is 0 Å². The predicted octanol–water partition coefficient (Wildman–Crippen LogP) is 1.98. The minimum atomic E-state index is 0.280. The van der Waals surface area contributed by atoms with E-state index in [9.17, 15) is 0 Å². The van der Waals surface area contributed by atoms with E-state index in [0.717, 1.165) is 11.3 Å². The van der Waals surface area contributed by atoms with Gasteiger partial charge in [-0.25, -0.2) is 0 Å². The molecule has 0 amide bonds. The van der Waals surface area contributed by atoms with Crippen molar-refractivity contribution in [1.82, 2.24) is 14.8 Å². The number of hydrogen-bond donors (Lipinski definition) is 2. The second-order valence-electron chi connectivity index (χ2n) is 4.34. The Bertz CT molecular complexity index is 515. The third-order valence-corrected chi connectivity index (χ3v) is 2.30. The zero-order valence-corrected chi connectivity index (χ0v) is 10.3. The first-order valence-corrected chi connectivity index (χ1v) is 5.62. The Morgan fingerprint density at radius 1 is 1.35 bits per heavy atom. The molecule has 2 aromatic rings. The van der Waals surface area contributed by atoms with E-state index < -0.39 is 0 Å². The molecule has 1 aromatic carbocycles. The number of nitrogens with zero attached hydrogens (tertiary/aromatic N) is 3. The van der Waals surface area contributed by atoms with E-state index in [4.69, 9.17) is 5.73 Å². The smallest absolute Gasteiger partial charge is 0.244 e. The van der Waals surface area contributed by atoms with Gasteiger partial charge in [0, 0.05) is 6.04 Å². The summed E-state index contributed by atoms with van der Waals surface area (Å²) in [4.78, 5) is 4.18. The van der Waals surface area contributed by atoms with E-state index in [-0.39, 0.29) is 6.04 Å². The van der Waals surface area contributed by atoms with Crippen molar-refractivity contribution in [3.63, 3.8) is 0 Å². The highest BCUT2D eigenvalue weighted by molar-refractivity contribution is 5.43. The molecule has 0 aliphatic heterocycles. The lowest BCUT2D eigenvalue weighted by molar-refractivity contribution is 0.848. The largest absolute Gasteiger partial charge is 0.368 e. The number of rotatable bonds is 3. The molecule has 0 unspecified atom stereocenters. The van der Waals surface area contributed by atoms with E-state index in [1.54, 1.807) is 4.68 Å². The highest BCUT2D eigenvalue weighted by atomic mass is 15.4. The van der Waals surface area contributed by atoms with E-state index >= 15 is 0 Å². The molecule has 0 aliphatic rings. The fourth-order valence-corrected chi connectivity index (χ4v) is 1.59. The molecule has 17 heavy (non-hydrogen) atoms. The molecule has 0 spiro atoms. The maximum Gasteiger partial charge on any atom is 0.244 e. The van der Waals surface area contributed by atoms with Crippen molar-refractivity contribution in [2.75, 3.05) is 11.1 Å².